The number of halogens is 1. The second kappa shape index (κ2) is 9.08. The van der Waals surface area contributed by atoms with Gasteiger partial charge in [-0.2, -0.15) is 0 Å². The first-order chi connectivity index (χ1) is 11.9. The lowest BCUT2D eigenvalue weighted by Crippen LogP contribution is -2.29. The predicted octanol–water partition coefficient (Wildman–Crippen LogP) is 3.13. The van der Waals surface area contributed by atoms with Gasteiger partial charge in [-0.05, 0) is 43.4 Å². The fraction of sp³-hybridized carbons (Fsp3) is 0.333. The minimum Gasteiger partial charge on any atom is -0.497 e. The molecule has 0 radical (unpaired) electrons. The molecule has 2 rings (SSSR count). The van der Waals surface area contributed by atoms with Crippen LogP contribution in [0.3, 0.4) is 0 Å². The molecule has 0 bridgehead atoms. The highest BCUT2D eigenvalue weighted by molar-refractivity contribution is 7.91. The van der Waals surface area contributed by atoms with E-state index < -0.39 is 9.84 Å². The van der Waals surface area contributed by atoms with Gasteiger partial charge in [0.25, 0.3) is 0 Å². The van der Waals surface area contributed by atoms with E-state index in [-0.39, 0.29) is 10.6 Å². The van der Waals surface area contributed by atoms with E-state index in [4.69, 9.17) is 21.1 Å². The molecular formula is C18H22ClNO4S. The minimum absolute atomic E-state index is 0.0355. The second-order valence-corrected chi connectivity index (χ2v) is 8.15. The van der Waals surface area contributed by atoms with Gasteiger partial charge in [-0.25, -0.2) is 8.42 Å². The number of methoxy groups -OCH3 is 1. The van der Waals surface area contributed by atoms with Gasteiger partial charge >= 0.3 is 0 Å². The van der Waals surface area contributed by atoms with Crippen LogP contribution in [0.4, 0.5) is 0 Å². The molecule has 0 aliphatic heterocycles. The summed E-state index contributed by atoms with van der Waals surface area (Å²) < 4.78 is 35.5. The summed E-state index contributed by atoms with van der Waals surface area (Å²) in [6.07, 6.45) is 0. The zero-order chi connectivity index (χ0) is 18.3. The van der Waals surface area contributed by atoms with Crippen LogP contribution in [0, 0.1) is 0 Å². The predicted molar refractivity (Wildman–Crippen MR) is 99.5 cm³/mol. The lowest BCUT2D eigenvalue weighted by atomic mass is 10.3. The Hall–Kier alpha value is -1.76. The van der Waals surface area contributed by atoms with Gasteiger partial charge in [0.2, 0.25) is 0 Å². The van der Waals surface area contributed by atoms with Gasteiger partial charge in [-0.15, -0.1) is 0 Å². The van der Waals surface area contributed by atoms with Crippen molar-refractivity contribution in [2.75, 3.05) is 39.6 Å². The van der Waals surface area contributed by atoms with Crippen molar-refractivity contribution in [2.45, 2.75) is 4.90 Å². The van der Waals surface area contributed by atoms with E-state index in [9.17, 15) is 8.42 Å². The van der Waals surface area contributed by atoms with E-state index in [0.29, 0.717) is 36.2 Å². The summed E-state index contributed by atoms with van der Waals surface area (Å²) in [6.45, 7) is 1.48. The molecule has 0 N–H and O–H groups in total. The summed E-state index contributed by atoms with van der Waals surface area (Å²) >= 11 is 5.90. The van der Waals surface area contributed by atoms with Crippen molar-refractivity contribution in [3.63, 3.8) is 0 Å². The van der Waals surface area contributed by atoms with Crippen molar-refractivity contribution < 1.29 is 17.9 Å². The summed E-state index contributed by atoms with van der Waals surface area (Å²) in [5.74, 6) is 1.27. The van der Waals surface area contributed by atoms with Crippen molar-refractivity contribution in [2.24, 2.45) is 0 Å². The largest absolute Gasteiger partial charge is 0.497 e. The first-order valence-corrected chi connectivity index (χ1v) is 9.87. The summed E-state index contributed by atoms with van der Waals surface area (Å²) in [5, 5.41) is 0.621. The number of sulfone groups is 1. The van der Waals surface area contributed by atoms with Crippen LogP contribution in [0.15, 0.2) is 53.4 Å². The summed E-state index contributed by atoms with van der Waals surface area (Å²) in [5.41, 5.74) is 0. The Bertz CT molecular complexity index is 795. The summed E-state index contributed by atoms with van der Waals surface area (Å²) in [7, 11) is 0.0262. The number of benzene rings is 2. The van der Waals surface area contributed by atoms with Gasteiger partial charge in [0.1, 0.15) is 18.1 Å². The number of rotatable bonds is 9. The van der Waals surface area contributed by atoms with Crippen molar-refractivity contribution in [3.05, 3.63) is 53.6 Å². The van der Waals surface area contributed by atoms with Crippen LogP contribution in [0.5, 0.6) is 11.5 Å². The van der Waals surface area contributed by atoms with Crippen LogP contribution in [0.1, 0.15) is 0 Å². The Labute approximate surface area is 154 Å². The molecule has 0 spiro atoms. The van der Waals surface area contributed by atoms with Crippen LogP contribution >= 0.6 is 11.6 Å². The fourth-order valence-electron chi connectivity index (χ4n) is 2.18. The molecule has 0 fully saturated rings. The monoisotopic (exact) mass is 383 g/mol. The van der Waals surface area contributed by atoms with Gasteiger partial charge in [0.15, 0.2) is 9.84 Å². The maximum absolute atomic E-state index is 12.4. The molecule has 2 aromatic carbocycles. The van der Waals surface area contributed by atoms with Crippen LogP contribution < -0.4 is 9.47 Å². The third kappa shape index (κ3) is 6.23. The molecule has 136 valence electrons. The first kappa shape index (κ1) is 19.6. The quantitative estimate of drug-likeness (QED) is 0.665. The van der Waals surface area contributed by atoms with Gasteiger partial charge in [-0.3, -0.25) is 0 Å². The first-order valence-electron chi connectivity index (χ1n) is 7.84. The lowest BCUT2D eigenvalue weighted by molar-refractivity contribution is 0.244. The number of ether oxygens (including phenoxy) is 2. The molecular weight excluding hydrogens is 362 g/mol. The Morgan fingerprint density at radius 3 is 2.48 bits per heavy atom. The van der Waals surface area contributed by atoms with E-state index in [1.165, 1.54) is 13.2 Å². The summed E-state index contributed by atoms with van der Waals surface area (Å²) in [6, 6.07) is 13.7. The smallest absolute Gasteiger partial charge is 0.179 e. The van der Waals surface area contributed by atoms with Crippen LogP contribution in [0.25, 0.3) is 0 Å². The highest BCUT2D eigenvalue weighted by Crippen LogP contribution is 2.19. The number of nitrogens with zero attached hydrogens (tertiary/aromatic N) is 1. The molecule has 2 aromatic rings. The second-order valence-electron chi connectivity index (χ2n) is 5.61. The van der Waals surface area contributed by atoms with Gasteiger partial charge in [0, 0.05) is 18.1 Å². The number of hydrogen-bond donors (Lipinski definition) is 0. The molecule has 0 atom stereocenters. The van der Waals surface area contributed by atoms with Crippen molar-refractivity contribution in [1.29, 1.82) is 0 Å². The van der Waals surface area contributed by atoms with E-state index in [1.54, 1.807) is 30.3 Å². The Morgan fingerprint density at radius 1 is 1.04 bits per heavy atom. The SMILES string of the molecule is COc1cccc(S(=O)(=O)CCN(C)CCOc2cccc(Cl)c2)c1. The molecule has 0 saturated heterocycles. The van der Waals surface area contributed by atoms with Crippen molar-refractivity contribution >= 4 is 21.4 Å². The molecule has 0 aliphatic carbocycles. The average Bonchev–Trinajstić information content (AvgIpc) is 2.60. The zero-order valence-corrected chi connectivity index (χ0v) is 15.9. The number of hydrogen-bond acceptors (Lipinski definition) is 5. The molecule has 0 amide bonds. The third-order valence-corrected chi connectivity index (χ3v) is 5.61. The average molecular weight is 384 g/mol. The molecule has 25 heavy (non-hydrogen) atoms. The van der Waals surface area contributed by atoms with Crippen LogP contribution in [-0.2, 0) is 9.84 Å². The van der Waals surface area contributed by atoms with E-state index in [1.807, 2.05) is 24.1 Å². The van der Waals surface area contributed by atoms with E-state index in [2.05, 4.69) is 0 Å². The van der Waals surface area contributed by atoms with Gasteiger partial charge in [-0.1, -0.05) is 23.7 Å². The highest BCUT2D eigenvalue weighted by atomic mass is 35.5. The Kier molecular flexibility index (Phi) is 7.11. The molecule has 0 heterocycles. The topological polar surface area (TPSA) is 55.8 Å². The fourth-order valence-corrected chi connectivity index (χ4v) is 3.73. The molecule has 0 unspecified atom stereocenters. The standard InChI is InChI=1S/C18H22ClNO4S/c1-20(9-11-24-17-7-3-5-15(19)13-17)10-12-25(21,22)18-8-4-6-16(14-18)23-2/h3-8,13-14H,9-12H2,1-2H3. The van der Waals surface area contributed by atoms with E-state index >= 15 is 0 Å². The third-order valence-electron chi connectivity index (χ3n) is 3.68. The number of likely N-dealkylation sites (N-methyl/N-ethyl adjacent to an activating group) is 1. The Balaban J connectivity index is 1.81. The van der Waals surface area contributed by atoms with Gasteiger partial charge in [0.05, 0.1) is 17.8 Å². The van der Waals surface area contributed by atoms with Gasteiger partial charge < -0.3 is 14.4 Å². The normalized spacial score (nSPS) is 11.5. The van der Waals surface area contributed by atoms with Crippen molar-refractivity contribution in [1.82, 2.24) is 4.90 Å². The van der Waals surface area contributed by atoms with Crippen LogP contribution in [0.2, 0.25) is 5.02 Å². The molecule has 7 heteroatoms. The molecule has 0 aromatic heterocycles. The Morgan fingerprint density at radius 2 is 1.76 bits per heavy atom. The zero-order valence-electron chi connectivity index (χ0n) is 14.3. The van der Waals surface area contributed by atoms with Crippen molar-refractivity contribution in [3.8, 4) is 11.5 Å². The molecule has 0 aliphatic rings. The molecule has 0 saturated carbocycles. The van der Waals surface area contributed by atoms with Crippen LogP contribution in [-0.4, -0.2) is 52.9 Å². The minimum atomic E-state index is -3.35. The maximum atomic E-state index is 12.4. The summed E-state index contributed by atoms with van der Waals surface area (Å²) in [4.78, 5) is 2.19. The molecule has 5 nitrogen and oxygen atoms in total. The van der Waals surface area contributed by atoms with E-state index in [0.717, 1.165) is 0 Å². The maximum Gasteiger partial charge on any atom is 0.179 e. The lowest BCUT2D eigenvalue weighted by Gasteiger charge is -2.17. The highest BCUT2D eigenvalue weighted by Gasteiger charge is 2.16.